The van der Waals surface area contributed by atoms with E-state index in [-0.39, 0.29) is 0 Å². The van der Waals surface area contributed by atoms with Crippen LogP contribution >= 0.6 is 0 Å². The minimum Gasteiger partial charge on any atom is -0.494 e. The Labute approximate surface area is 130 Å². The minimum atomic E-state index is 0.409. The second kappa shape index (κ2) is 7.31. The normalized spacial score (nSPS) is 22.8. The van der Waals surface area contributed by atoms with Gasteiger partial charge in [-0.25, -0.2) is 0 Å². The number of ether oxygens (including phenoxy) is 1. The van der Waals surface area contributed by atoms with Crippen LogP contribution in [0, 0.1) is 11.3 Å². The summed E-state index contributed by atoms with van der Waals surface area (Å²) in [5.74, 6) is 1.69. The van der Waals surface area contributed by atoms with Crippen molar-refractivity contribution in [2.45, 2.75) is 59.4 Å². The molecule has 1 aliphatic carbocycles. The van der Waals surface area contributed by atoms with Gasteiger partial charge in [-0.3, -0.25) is 0 Å². The van der Waals surface area contributed by atoms with E-state index in [4.69, 9.17) is 4.74 Å². The maximum Gasteiger partial charge on any atom is 0.119 e. The molecule has 1 aromatic rings. The van der Waals surface area contributed by atoms with Crippen molar-refractivity contribution in [3.63, 3.8) is 0 Å². The lowest BCUT2D eigenvalue weighted by Gasteiger charge is -2.43. The molecule has 2 rings (SSSR count). The van der Waals surface area contributed by atoms with Gasteiger partial charge in [-0.05, 0) is 55.3 Å². The topological polar surface area (TPSA) is 21.3 Å². The van der Waals surface area contributed by atoms with Crippen molar-refractivity contribution in [3.8, 4) is 5.75 Å². The van der Waals surface area contributed by atoms with Gasteiger partial charge in [-0.2, -0.15) is 0 Å². The zero-order valence-electron chi connectivity index (χ0n) is 14.1. The fourth-order valence-corrected chi connectivity index (χ4v) is 3.82. The molecule has 1 N–H and O–H groups in total. The molecule has 0 radical (unpaired) electrons. The van der Waals surface area contributed by atoms with Crippen molar-refractivity contribution < 1.29 is 4.74 Å². The summed E-state index contributed by atoms with van der Waals surface area (Å²) < 4.78 is 5.69. The quantitative estimate of drug-likeness (QED) is 0.800. The third-order valence-electron chi connectivity index (χ3n) is 4.94. The van der Waals surface area contributed by atoms with E-state index in [0.29, 0.717) is 17.4 Å². The Balaban J connectivity index is 2.27. The van der Waals surface area contributed by atoms with E-state index in [1.807, 2.05) is 6.92 Å². The third kappa shape index (κ3) is 4.00. The first kappa shape index (κ1) is 16.4. The van der Waals surface area contributed by atoms with Crippen LogP contribution in [0.3, 0.4) is 0 Å². The molecule has 0 saturated heterocycles. The fourth-order valence-electron chi connectivity index (χ4n) is 3.82. The molecule has 1 aliphatic rings. The average molecular weight is 289 g/mol. The largest absolute Gasteiger partial charge is 0.494 e. The molecule has 0 amide bonds. The highest BCUT2D eigenvalue weighted by molar-refractivity contribution is 5.31. The van der Waals surface area contributed by atoms with Gasteiger partial charge in [-0.1, -0.05) is 45.7 Å². The molecular formula is C19H31NO. The highest BCUT2D eigenvalue weighted by Crippen LogP contribution is 2.47. The Kier molecular flexibility index (Phi) is 5.69. The lowest BCUT2D eigenvalue weighted by atomic mass is 9.65. The van der Waals surface area contributed by atoms with Crippen LogP contribution < -0.4 is 10.1 Å². The number of nitrogens with one attached hydrogen (secondary N) is 1. The van der Waals surface area contributed by atoms with E-state index in [9.17, 15) is 0 Å². The van der Waals surface area contributed by atoms with Crippen LogP contribution in [0.5, 0.6) is 5.75 Å². The fraction of sp³-hybridized carbons (Fsp3) is 0.684. The zero-order valence-corrected chi connectivity index (χ0v) is 14.1. The third-order valence-corrected chi connectivity index (χ3v) is 4.94. The van der Waals surface area contributed by atoms with Crippen LogP contribution in [0.1, 0.15) is 65.0 Å². The van der Waals surface area contributed by atoms with Crippen LogP contribution in [0.4, 0.5) is 0 Å². The van der Waals surface area contributed by atoms with E-state index < -0.39 is 0 Å². The molecule has 1 fully saturated rings. The highest BCUT2D eigenvalue weighted by Gasteiger charge is 2.37. The Morgan fingerprint density at radius 2 is 2.10 bits per heavy atom. The van der Waals surface area contributed by atoms with E-state index in [0.717, 1.165) is 18.9 Å². The number of rotatable bonds is 6. The van der Waals surface area contributed by atoms with Crippen LogP contribution in [0.2, 0.25) is 0 Å². The monoisotopic (exact) mass is 289 g/mol. The molecule has 2 heteroatoms. The zero-order chi connectivity index (χ0) is 15.3. The molecule has 2 nitrogen and oxygen atoms in total. The first-order chi connectivity index (χ1) is 10.1. The predicted octanol–water partition coefficient (Wildman–Crippen LogP) is 4.95. The summed E-state index contributed by atoms with van der Waals surface area (Å²) in [6.45, 7) is 10.9. The van der Waals surface area contributed by atoms with E-state index in [1.165, 1.54) is 31.2 Å². The minimum absolute atomic E-state index is 0.409. The number of hydrogen-bond acceptors (Lipinski definition) is 2. The first-order valence-corrected chi connectivity index (χ1v) is 8.54. The van der Waals surface area contributed by atoms with E-state index in [2.05, 4.69) is 50.4 Å². The van der Waals surface area contributed by atoms with Gasteiger partial charge in [0.1, 0.15) is 5.75 Å². The maximum atomic E-state index is 5.69. The second-order valence-electron chi connectivity index (χ2n) is 6.88. The van der Waals surface area contributed by atoms with Crippen LogP contribution in [0.15, 0.2) is 24.3 Å². The van der Waals surface area contributed by atoms with Crippen molar-refractivity contribution in [2.75, 3.05) is 13.2 Å². The molecule has 21 heavy (non-hydrogen) atoms. The van der Waals surface area contributed by atoms with Crippen molar-refractivity contribution in [1.82, 2.24) is 5.32 Å². The molecule has 1 saturated carbocycles. The summed E-state index contributed by atoms with van der Waals surface area (Å²) >= 11 is 0. The summed E-state index contributed by atoms with van der Waals surface area (Å²) in [5.41, 5.74) is 1.79. The summed E-state index contributed by atoms with van der Waals surface area (Å²) in [4.78, 5) is 0. The number of hydrogen-bond donors (Lipinski definition) is 1. The molecule has 0 aliphatic heterocycles. The Bertz CT molecular complexity index is 441. The molecule has 2 atom stereocenters. The first-order valence-electron chi connectivity index (χ1n) is 8.54. The van der Waals surface area contributed by atoms with Gasteiger partial charge in [0.2, 0.25) is 0 Å². The van der Waals surface area contributed by atoms with Gasteiger partial charge in [0.25, 0.3) is 0 Å². The maximum absolute atomic E-state index is 5.69. The summed E-state index contributed by atoms with van der Waals surface area (Å²) in [6.07, 6.45) is 5.40. The highest BCUT2D eigenvalue weighted by atomic mass is 16.5. The Morgan fingerprint density at radius 1 is 1.29 bits per heavy atom. The van der Waals surface area contributed by atoms with Crippen LogP contribution in [0.25, 0.3) is 0 Å². The standard InChI is InChI=1S/C19H31NO/c1-5-20-18(17-12-7-8-13-19(17,3)4)15-10-9-11-16(14-15)21-6-2/h9-11,14,17-18,20H,5-8,12-13H2,1-4H3. The molecule has 0 heterocycles. The van der Waals surface area contributed by atoms with Crippen molar-refractivity contribution in [2.24, 2.45) is 11.3 Å². The van der Waals surface area contributed by atoms with Crippen LogP contribution in [-0.4, -0.2) is 13.2 Å². The van der Waals surface area contributed by atoms with Gasteiger partial charge in [0, 0.05) is 6.04 Å². The van der Waals surface area contributed by atoms with Gasteiger partial charge in [-0.15, -0.1) is 0 Å². The van der Waals surface area contributed by atoms with Gasteiger partial charge >= 0.3 is 0 Å². The molecule has 118 valence electrons. The van der Waals surface area contributed by atoms with E-state index >= 15 is 0 Å². The molecule has 0 spiro atoms. The van der Waals surface area contributed by atoms with Crippen LogP contribution in [-0.2, 0) is 0 Å². The van der Waals surface area contributed by atoms with Gasteiger partial charge in [0.15, 0.2) is 0 Å². The van der Waals surface area contributed by atoms with Crippen molar-refractivity contribution in [1.29, 1.82) is 0 Å². The molecular weight excluding hydrogens is 258 g/mol. The summed E-state index contributed by atoms with van der Waals surface area (Å²) in [5, 5.41) is 3.74. The Morgan fingerprint density at radius 3 is 2.76 bits per heavy atom. The second-order valence-corrected chi connectivity index (χ2v) is 6.88. The summed E-state index contributed by atoms with van der Waals surface area (Å²) in [6, 6.07) is 9.09. The number of benzene rings is 1. The van der Waals surface area contributed by atoms with Crippen molar-refractivity contribution in [3.05, 3.63) is 29.8 Å². The lowest BCUT2D eigenvalue weighted by Crippen LogP contribution is -2.39. The SMILES string of the molecule is CCNC(c1cccc(OCC)c1)C1CCCCC1(C)C. The molecule has 0 aromatic heterocycles. The molecule has 0 bridgehead atoms. The van der Waals surface area contributed by atoms with E-state index in [1.54, 1.807) is 0 Å². The smallest absolute Gasteiger partial charge is 0.119 e. The van der Waals surface area contributed by atoms with Gasteiger partial charge < -0.3 is 10.1 Å². The predicted molar refractivity (Wildman–Crippen MR) is 89.8 cm³/mol. The molecule has 1 aromatic carbocycles. The van der Waals surface area contributed by atoms with Gasteiger partial charge in [0.05, 0.1) is 6.61 Å². The molecule has 2 unspecified atom stereocenters. The van der Waals surface area contributed by atoms with Crippen molar-refractivity contribution >= 4 is 0 Å². The lowest BCUT2D eigenvalue weighted by molar-refractivity contribution is 0.0987. The summed E-state index contributed by atoms with van der Waals surface area (Å²) in [7, 11) is 0. The Hall–Kier alpha value is -1.02. The average Bonchev–Trinajstić information content (AvgIpc) is 2.46.